The monoisotopic (exact) mass is 334 g/mol. The van der Waals surface area contributed by atoms with E-state index in [1.807, 2.05) is 37.4 Å². The number of carbonyl (C=O) groups excluding carboxylic acids is 1. The van der Waals surface area contributed by atoms with Crippen molar-refractivity contribution in [3.8, 4) is 0 Å². The third kappa shape index (κ3) is 4.14. The predicted molar refractivity (Wildman–Crippen MR) is 102 cm³/mol. The molecule has 0 saturated heterocycles. The van der Waals surface area contributed by atoms with Crippen LogP contribution in [0.25, 0.3) is 17.1 Å². The van der Waals surface area contributed by atoms with E-state index in [1.54, 1.807) is 6.08 Å². The van der Waals surface area contributed by atoms with Gasteiger partial charge in [-0.2, -0.15) is 0 Å². The zero-order valence-electron chi connectivity index (χ0n) is 14.3. The van der Waals surface area contributed by atoms with E-state index in [-0.39, 0.29) is 0 Å². The second-order valence-corrected chi connectivity index (χ2v) is 6.00. The maximum absolute atomic E-state index is 10.3. The third-order valence-corrected chi connectivity index (χ3v) is 4.20. The molecule has 0 saturated carbocycles. The highest BCUT2D eigenvalue weighted by atomic mass is 16.1. The number of anilines is 1. The van der Waals surface area contributed by atoms with Crippen molar-refractivity contribution < 1.29 is 4.79 Å². The molecule has 0 unspecified atom stereocenters. The minimum absolute atomic E-state index is 0.738. The van der Waals surface area contributed by atoms with Crippen LogP contribution in [0.2, 0.25) is 0 Å². The van der Waals surface area contributed by atoms with Gasteiger partial charge in [-0.25, -0.2) is 4.98 Å². The third-order valence-electron chi connectivity index (χ3n) is 4.20. The fraction of sp³-hybridized carbons (Fsp3) is 0.200. The molecule has 0 fully saturated rings. The molecule has 0 amide bonds. The Hall–Kier alpha value is -2.92. The van der Waals surface area contributed by atoms with Crippen molar-refractivity contribution in [2.75, 3.05) is 12.3 Å². The number of nitrogens with zero attached hydrogens (tertiary/aromatic N) is 2. The lowest BCUT2D eigenvalue weighted by molar-refractivity contribution is -0.104. The number of fused-ring (bicyclic) bond motifs is 1. The number of nitrogens with two attached hydrogens (primary N) is 1. The summed E-state index contributed by atoms with van der Waals surface area (Å²) in [6.45, 7) is 1.65. The van der Waals surface area contributed by atoms with Gasteiger partial charge in [0.25, 0.3) is 0 Å². The molecule has 128 valence electrons. The van der Waals surface area contributed by atoms with Crippen LogP contribution in [-0.4, -0.2) is 22.4 Å². The van der Waals surface area contributed by atoms with E-state index in [0.29, 0.717) is 0 Å². The van der Waals surface area contributed by atoms with Gasteiger partial charge in [0.15, 0.2) is 0 Å². The van der Waals surface area contributed by atoms with E-state index in [9.17, 15) is 4.79 Å². The molecule has 0 aliphatic heterocycles. The van der Waals surface area contributed by atoms with E-state index in [4.69, 9.17) is 5.73 Å². The van der Waals surface area contributed by atoms with Crippen molar-refractivity contribution in [1.82, 2.24) is 14.9 Å². The molecule has 0 spiro atoms. The maximum Gasteiger partial charge on any atom is 0.142 e. The van der Waals surface area contributed by atoms with E-state index in [2.05, 4.69) is 27.0 Å². The van der Waals surface area contributed by atoms with Crippen molar-refractivity contribution in [2.45, 2.75) is 13.0 Å². The van der Waals surface area contributed by atoms with Gasteiger partial charge >= 0.3 is 0 Å². The highest BCUT2D eigenvalue weighted by Crippen LogP contribution is 2.18. The number of rotatable bonds is 7. The van der Waals surface area contributed by atoms with E-state index in [0.717, 1.165) is 53.9 Å². The van der Waals surface area contributed by atoms with Crippen LogP contribution < -0.4 is 11.1 Å². The molecule has 1 heterocycles. The standard InChI is InChI=1S/C20H22N4O/c1-24-19-9-8-17(21)13-18(19)23-20(24)10-11-22-14-16-6-4-15(5-7-16)3-2-12-25/h2-9,12-13,22H,10-11,14,21H2,1H3/b3-2+. The van der Waals surface area contributed by atoms with Gasteiger partial charge in [0, 0.05) is 32.2 Å². The van der Waals surface area contributed by atoms with Crippen LogP contribution in [0.15, 0.2) is 48.5 Å². The normalized spacial score (nSPS) is 11.4. The lowest BCUT2D eigenvalue weighted by Crippen LogP contribution is -2.18. The number of aryl methyl sites for hydroxylation is 1. The number of hydrogen-bond acceptors (Lipinski definition) is 4. The Morgan fingerprint density at radius 1 is 1.20 bits per heavy atom. The number of hydrogen-bond donors (Lipinski definition) is 2. The zero-order chi connectivity index (χ0) is 17.6. The summed E-state index contributed by atoms with van der Waals surface area (Å²) in [6.07, 6.45) is 4.93. The Morgan fingerprint density at radius 3 is 2.76 bits per heavy atom. The first-order valence-corrected chi connectivity index (χ1v) is 8.29. The average molecular weight is 334 g/mol. The molecule has 3 N–H and O–H groups in total. The molecule has 0 aliphatic carbocycles. The van der Waals surface area contributed by atoms with Gasteiger partial charge in [0.2, 0.25) is 0 Å². The quantitative estimate of drug-likeness (QED) is 0.302. The molecule has 3 rings (SSSR count). The molecule has 0 atom stereocenters. The Morgan fingerprint density at radius 2 is 2.00 bits per heavy atom. The number of carbonyl (C=O) groups is 1. The predicted octanol–water partition coefficient (Wildman–Crippen LogP) is 2.70. The number of benzene rings is 2. The number of nitrogens with one attached hydrogen (secondary N) is 1. The summed E-state index contributed by atoms with van der Waals surface area (Å²) in [5, 5.41) is 3.44. The average Bonchev–Trinajstić information content (AvgIpc) is 2.93. The Bertz CT molecular complexity index is 894. The smallest absolute Gasteiger partial charge is 0.142 e. The first kappa shape index (κ1) is 16.9. The fourth-order valence-corrected chi connectivity index (χ4v) is 2.82. The van der Waals surface area contributed by atoms with Gasteiger partial charge in [-0.15, -0.1) is 0 Å². The van der Waals surface area contributed by atoms with Crippen LogP contribution in [0.3, 0.4) is 0 Å². The zero-order valence-corrected chi connectivity index (χ0v) is 14.3. The van der Waals surface area contributed by atoms with Crippen molar-refractivity contribution in [3.63, 3.8) is 0 Å². The SMILES string of the molecule is Cn1c(CCNCc2ccc(/C=C/C=O)cc2)nc2cc(N)ccc21. The van der Waals surface area contributed by atoms with E-state index >= 15 is 0 Å². The maximum atomic E-state index is 10.3. The molecule has 0 aliphatic rings. The first-order chi connectivity index (χ1) is 12.2. The summed E-state index contributed by atoms with van der Waals surface area (Å²) in [4.78, 5) is 15.0. The van der Waals surface area contributed by atoms with Crippen LogP contribution in [-0.2, 0) is 24.8 Å². The molecule has 25 heavy (non-hydrogen) atoms. The van der Waals surface area contributed by atoms with Gasteiger partial charge in [-0.05, 0) is 35.4 Å². The Kier molecular flexibility index (Phi) is 5.26. The lowest BCUT2D eigenvalue weighted by Gasteiger charge is -2.06. The molecule has 1 aromatic heterocycles. The Balaban J connectivity index is 1.54. The van der Waals surface area contributed by atoms with Crippen LogP contribution in [0, 0.1) is 0 Å². The van der Waals surface area contributed by atoms with Crippen LogP contribution >= 0.6 is 0 Å². The molecule has 0 radical (unpaired) electrons. The van der Waals surface area contributed by atoms with Crippen molar-refractivity contribution >= 4 is 29.1 Å². The van der Waals surface area contributed by atoms with Gasteiger partial charge in [0.05, 0.1) is 11.0 Å². The summed E-state index contributed by atoms with van der Waals surface area (Å²) >= 11 is 0. The van der Waals surface area contributed by atoms with Crippen molar-refractivity contribution in [3.05, 3.63) is 65.5 Å². The van der Waals surface area contributed by atoms with Gasteiger partial charge < -0.3 is 15.6 Å². The fourth-order valence-electron chi connectivity index (χ4n) is 2.82. The van der Waals surface area contributed by atoms with Crippen LogP contribution in [0.5, 0.6) is 0 Å². The van der Waals surface area contributed by atoms with Crippen LogP contribution in [0.4, 0.5) is 5.69 Å². The summed E-state index contributed by atoms with van der Waals surface area (Å²) in [7, 11) is 2.03. The first-order valence-electron chi connectivity index (χ1n) is 8.29. The van der Waals surface area contributed by atoms with Crippen molar-refractivity contribution in [1.29, 1.82) is 0 Å². The number of nitrogen functional groups attached to an aromatic ring is 1. The number of imidazole rings is 1. The summed E-state index contributed by atoms with van der Waals surface area (Å²) in [5.74, 6) is 1.04. The summed E-state index contributed by atoms with van der Waals surface area (Å²) in [6, 6.07) is 14.0. The number of aromatic nitrogens is 2. The topological polar surface area (TPSA) is 72.9 Å². The Labute approximate surface area is 147 Å². The summed E-state index contributed by atoms with van der Waals surface area (Å²) < 4.78 is 2.12. The molecule has 5 heteroatoms. The van der Waals surface area contributed by atoms with Crippen LogP contribution in [0.1, 0.15) is 17.0 Å². The second-order valence-electron chi connectivity index (χ2n) is 6.00. The highest BCUT2D eigenvalue weighted by molar-refractivity contribution is 5.79. The molecule has 3 aromatic rings. The largest absolute Gasteiger partial charge is 0.399 e. The number of aldehydes is 1. The molecule has 0 bridgehead atoms. The lowest BCUT2D eigenvalue weighted by atomic mass is 10.1. The minimum Gasteiger partial charge on any atom is -0.399 e. The summed E-state index contributed by atoms with van der Waals surface area (Å²) in [5.41, 5.74) is 10.8. The van der Waals surface area contributed by atoms with E-state index < -0.39 is 0 Å². The van der Waals surface area contributed by atoms with Crippen molar-refractivity contribution in [2.24, 2.45) is 7.05 Å². The van der Waals surface area contributed by atoms with Gasteiger partial charge in [-0.1, -0.05) is 30.3 Å². The highest BCUT2D eigenvalue weighted by Gasteiger charge is 2.07. The minimum atomic E-state index is 0.738. The molecular weight excluding hydrogens is 312 g/mol. The molecular formula is C20H22N4O. The van der Waals surface area contributed by atoms with E-state index in [1.165, 1.54) is 11.6 Å². The molecule has 5 nitrogen and oxygen atoms in total. The number of allylic oxidation sites excluding steroid dienone is 1. The molecule has 2 aromatic carbocycles. The van der Waals surface area contributed by atoms with Gasteiger partial charge in [0.1, 0.15) is 12.1 Å². The van der Waals surface area contributed by atoms with Gasteiger partial charge in [-0.3, -0.25) is 4.79 Å². The second kappa shape index (κ2) is 7.77.